The second-order valence-corrected chi connectivity index (χ2v) is 5.75. The zero-order valence-corrected chi connectivity index (χ0v) is 14.1. The van der Waals surface area contributed by atoms with E-state index in [0.717, 1.165) is 17.7 Å². The van der Waals surface area contributed by atoms with Crippen molar-refractivity contribution in [3.8, 4) is 17.6 Å². The third-order valence-electron chi connectivity index (χ3n) is 3.52. The van der Waals surface area contributed by atoms with Gasteiger partial charge in [-0.1, -0.05) is 20.3 Å². The monoisotopic (exact) mass is 325 g/mol. The van der Waals surface area contributed by atoms with Gasteiger partial charge in [-0.2, -0.15) is 5.26 Å². The van der Waals surface area contributed by atoms with E-state index in [1.165, 1.54) is 0 Å². The van der Waals surface area contributed by atoms with Gasteiger partial charge in [-0.3, -0.25) is 0 Å². The molecule has 0 aromatic heterocycles. The molecular weight excluding hydrogens is 306 g/mol. The second kappa shape index (κ2) is 8.30. The summed E-state index contributed by atoms with van der Waals surface area (Å²) in [6, 6.07) is 16.5. The van der Waals surface area contributed by atoms with Gasteiger partial charge in [-0.05, 0) is 66.7 Å². The first-order valence-corrected chi connectivity index (χ1v) is 7.98. The van der Waals surface area contributed by atoms with Crippen LogP contribution in [0.4, 0.5) is 0 Å². The van der Waals surface area contributed by atoms with Crippen LogP contribution < -0.4 is 9.47 Å². The van der Waals surface area contributed by atoms with Crippen LogP contribution in [0.2, 0.25) is 0 Å². The number of hydrogen-bond acceptors (Lipinski definition) is 4. The highest BCUT2D eigenvalue weighted by Crippen LogP contribution is 2.18. The molecule has 0 unspecified atom stereocenters. The van der Waals surface area contributed by atoms with Crippen molar-refractivity contribution in [2.45, 2.75) is 20.3 Å². The van der Waals surface area contributed by atoms with Gasteiger partial charge in [-0.15, -0.1) is 0 Å². The number of benzene rings is 2. The quantitative estimate of drug-likeness (QED) is 0.720. The third kappa shape index (κ3) is 5.08. The van der Waals surface area contributed by atoms with Gasteiger partial charge < -0.3 is 9.47 Å². The SMILES string of the molecule is CC[C@H](C)COc1ccc(C(=S)Oc2ccc(C#N)cc2)cc1. The minimum atomic E-state index is 0.392. The standard InChI is InChI=1S/C19H19NO2S/c1-3-14(2)13-21-17-10-6-16(7-11-17)19(23)22-18-8-4-15(12-20)5-9-18/h4-11,14H,3,13H2,1-2H3/t14-/m0/s1. The minimum Gasteiger partial charge on any atom is -0.493 e. The Hall–Kier alpha value is -2.38. The molecule has 2 rings (SSSR count). The van der Waals surface area contributed by atoms with Crippen molar-refractivity contribution in [2.75, 3.05) is 6.61 Å². The van der Waals surface area contributed by atoms with Crippen LogP contribution in [0.5, 0.6) is 11.5 Å². The average Bonchev–Trinajstić information content (AvgIpc) is 2.60. The fourth-order valence-electron chi connectivity index (χ4n) is 1.81. The molecule has 118 valence electrons. The molecule has 0 spiro atoms. The van der Waals surface area contributed by atoms with Gasteiger partial charge in [0.15, 0.2) is 5.05 Å². The smallest absolute Gasteiger partial charge is 0.198 e. The van der Waals surface area contributed by atoms with E-state index >= 15 is 0 Å². The maximum Gasteiger partial charge on any atom is 0.198 e. The number of rotatable bonds is 6. The van der Waals surface area contributed by atoms with Crippen LogP contribution in [0.1, 0.15) is 31.4 Å². The molecule has 0 N–H and O–H groups in total. The van der Waals surface area contributed by atoms with Gasteiger partial charge in [0.2, 0.25) is 0 Å². The van der Waals surface area contributed by atoms with E-state index in [0.29, 0.717) is 28.9 Å². The average molecular weight is 325 g/mol. The highest BCUT2D eigenvalue weighted by Gasteiger charge is 2.06. The molecule has 0 fully saturated rings. The fourth-order valence-corrected chi connectivity index (χ4v) is 2.04. The lowest BCUT2D eigenvalue weighted by Gasteiger charge is -2.12. The van der Waals surface area contributed by atoms with E-state index in [2.05, 4.69) is 19.9 Å². The summed E-state index contributed by atoms with van der Waals surface area (Å²) in [7, 11) is 0. The molecule has 0 radical (unpaired) electrons. The van der Waals surface area contributed by atoms with Gasteiger partial charge in [0.05, 0.1) is 18.2 Å². The Labute approximate surface area is 142 Å². The maximum atomic E-state index is 8.78. The largest absolute Gasteiger partial charge is 0.493 e. The summed E-state index contributed by atoms with van der Waals surface area (Å²) in [6.45, 7) is 5.02. The molecule has 1 atom stereocenters. The summed E-state index contributed by atoms with van der Waals surface area (Å²) in [6.07, 6.45) is 1.10. The minimum absolute atomic E-state index is 0.392. The van der Waals surface area contributed by atoms with Gasteiger partial charge in [0.25, 0.3) is 0 Å². The number of nitriles is 1. The summed E-state index contributed by atoms with van der Waals surface area (Å²) >= 11 is 5.30. The molecule has 3 nitrogen and oxygen atoms in total. The molecule has 0 amide bonds. The highest BCUT2D eigenvalue weighted by molar-refractivity contribution is 7.80. The fraction of sp³-hybridized carbons (Fsp3) is 0.263. The van der Waals surface area contributed by atoms with Crippen LogP contribution >= 0.6 is 12.2 Å². The summed E-state index contributed by atoms with van der Waals surface area (Å²) < 4.78 is 11.4. The van der Waals surface area contributed by atoms with Crippen LogP contribution in [0, 0.1) is 17.2 Å². The van der Waals surface area contributed by atoms with Crippen molar-refractivity contribution in [3.63, 3.8) is 0 Å². The van der Waals surface area contributed by atoms with Crippen LogP contribution in [0.25, 0.3) is 0 Å². The Morgan fingerprint density at radius 3 is 2.26 bits per heavy atom. The number of hydrogen-bond donors (Lipinski definition) is 0. The van der Waals surface area contributed by atoms with Crippen LogP contribution in [0.3, 0.4) is 0 Å². The van der Waals surface area contributed by atoms with E-state index in [4.69, 9.17) is 27.0 Å². The molecule has 2 aromatic rings. The molecule has 0 aliphatic heterocycles. The zero-order chi connectivity index (χ0) is 16.7. The number of ether oxygens (including phenoxy) is 2. The van der Waals surface area contributed by atoms with E-state index in [1.807, 2.05) is 24.3 Å². The van der Waals surface area contributed by atoms with Crippen molar-refractivity contribution >= 4 is 17.3 Å². The normalized spacial score (nSPS) is 11.3. The lowest BCUT2D eigenvalue weighted by Crippen LogP contribution is -2.08. The first-order valence-electron chi connectivity index (χ1n) is 7.57. The Kier molecular flexibility index (Phi) is 6.13. The third-order valence-corrected chi connectivity index (χ3v) is 3.83. The van der Waals surface area contributed by atoms with Crippen LogP contribution in [-0.2, 0) is 0 Å². The molecule has 4 heteroatoms. The maximum absolute atomic E-state index is 8.78. The number of nitrogens with zero attached hydrogens (tertiary/aromatic N) is 1. The zero-order valence-electron chi connectivity index (χ0n) is 13.3. The van der Waals surface area contributed by atoms with Crippen molar-refractivity contribution in [1.29, 1.82) is 5.26 Å². The molecule has 2 aromatic carbocycles. The summed E-state index contributed by atoms with van der Waals surface area (Å²) in [5.41, 5.74) is 1.41. The molecule has 0 heterocycles. The van der Waals surface area contributed by atoms with Crippen molar-refractivity contribution in [3.05, 3.63) is 59.7 Å². The number of thiocarbonyl (C=S) groups is 1. The van der Waals surface area contributed by atoms with Gasteiger partial charge in [-0.25, -0.2) is 0 Å². The first-order chi connectivity index (χ1) is 11.1. The Morgan fingerprint density at radius 1 is 1.09 bits per heavy atom. The van der Waals surface area contributed by atoms with Gasteiger partial charge in [0, 0.05) is 5.56 Å². The second-order valence-electron chi connectivity index (χ2n) is 5.37. The van der Waals surface area contributed by atoms with Crippen molar-refractivity contribution in [2.24, 2.45) is 5.92 Å². The van der Waals surface area contributed by atoms with E-state index in [9.17, 15) is 0 Å². The summed E-state index contributed by atoms with van der Waals surface area (Å²) in [4.78, 5) is 0. The van der Waals surface area contributed by atoms with Gasteiger partial charge >= 0.3 is 0 Å². The molecule has 0 aliphatic rings. The predicted molar refractivity (Wildman–Crippen MR) is 94.9 cm³/mol. The summed E-state index contributed by atoms with van der Waals surface area (Å²) in [5.74, 6) is 1.98. The summed E-state index contributed by atoms with van der Waals surface area (Å²) in [5, 5.41) is 9.17. The van der Waals surface area contributed by atoms with Gasteiger partial charge in [0.1, 0.15) is 11.5 Å². The van der Waals surface area contributed by atoms with Crippen LogP contribution in [0.15, 0.2) is 48.5 Å². The highest BCUT2D eigenvalue weighted by atomic mass is 32.1. The molecule has 23 heavy (non-hydrogen) atoms. The first kappa shape index (κ1) is 17.0. The Balaban J connectivity index is 1.95. The lowest BCUT2D eigenvalue weighted by molar-refractivity contribution is 0.256. The molecule has 0 saturated heterocycles. The van der Waals surface area contributed by atoms with Crippen molar-refractivity contribution in [1.82, 2.24) is 0 Å². The van der Waals surface area contributed by atoms with Crippen LogP contribution in [-0.4, -0.2) is 11.7 Å². The Morgan fingerprint density at radius 2 is 1.70 bits per heavy atom. The van der Waals surface area contributed by atoms with E-state index in [-0.39, 0.29) is 0 Å². The van der Waals surface area contributed by atoms with Crippen molar-refractivity contribution < 1.29 is 9.47 Å². The van der Waals surface area contributed by atoms with E-state index in [1.54, 1.807) is 24.3 Å². The topological polar surface area (TPSA) is 42.2 Å². The molecule has 0 aliphatic carbocycles. The predicted octanol–water partition coefficient (Wildman–Crippen LogP) is 4.74. The lowest BCUT2D eigenvalue weighted by atomic mass is 10.1. The molecule has 0 bridgehead atoms. The Bertz CT molecular complexity index is 687. The molecular formula is C19H19NO2S. The van der Waals surface area contributed by atoms with E-state index < -0.39 is 0 Å². The molecule has 0 saturated carbocycles.